The smallest absolute Gasteiger partial charge is 0.0169 e. The molecule has 2 aliphatic heterocycles. The summed E-state index contributed by atoms with van der Waals surface area (Å²) in [7, 11) is 4.39. The lowest BCUT2D eigenvalue weighted by Crippen LogP contribution is -2.63. The first-order valence-electron chi connectivity index (χ1n) is 6.21. The molecule has 2 aliphatic rings. The first-order valence-corrected chi connectivity index (χ1v) is 6.21. The largest absolute Gasteiger partial charge is 0.316 e. The highest BCUT2D eigenvalue weighted by molar-refractivity contribution is 4.97. The van der Waals surface area contributed by atoms with E-state index in [1.165, 1.54) is 26.2 Å². The number of hydrogen-bond donors (Lipinski definition) is 1. The molecular formula is C12H25N3. The van der Waals surface area contributed by atoms with Crippen molar-refractivity contribution in [3.8, 4) is 0 Å². The SMILES string of the molecule is CNC1C2CN(C)CC1CN(C(C)C)C2. The molecule has 2 saturated heterocycles. The second-order valence-corrected chi connectivity index (χ2v) is 5.60. The van der Waals surface area contributed by atoms with E-state index in [0.717, 1.165) is 17.9 Å². The minimum absolute atomic E-state index is 0.705. The van der Waals surface area contributed by atoms with E-state index in [2.05, 4.69) is 43.1 Å². The Bertz CT molecular complexity index is 201. The van der Waals surface area contributed by atoms with Crippen molar-refractivity contribution < 1.29 is 0 Å². The molecule has 3 nitrogen and oxygen atoms in total. The lowest BCUT2D eigenvalue weighted by molar-refractivity contribution is -0.000325. The minimum Gasteiger partial charge on any atom is -0.316 e. The Kier molecular flexibility index (Phi) is 3.33. The zero-order valence-corrected chi connectivity index (χ0v) is 10.5. The van der Waals surface area contributed by atoms with Crippen LogP contribution in [0.4, 0.5) is 0 Å². The fraction of sp³-hybridized carbons (Fsp3) is 1.00. The van der Waals surface area contributed by atoms with Gasteiger partial charge in [-0.05, 0) is 39.8 Å². The molecule has 88 valence electrons. The van der Waals surface area contributed by atoms with Crippen LogP contribution in [0.15, 0.2) is 0 Å². The Balaban J connectivity index is 2.07. The molecule has 0 aromatic rings. The van der Waals surface area contributed by atoms with Crippen molar-refractivity contribution in [1.29, 1.82) is 0 Å². The molecule has 3 heteroatoms. The highest BCUT2D eigenvalue weighted by Crippen LogP contribution is 2.29. The number of rotatable bonds is 2. The van der Waals surface area contributed by atoms with Crippen molar-refractivity contribution in [3.63, 3.8) is 0 Å². The van der Waals surface area contributed by atoms with E-state index < -0.39 is 0 Å². The lowest BCUT2D eigenvalue weighted by Gasteiger charge is -2.51. The summed E-state index contributed by atoms with van der Waals surface area (Å²) in [6, 6.07) is 1.45. The van der Waals surface area contributed by atoms with Crippen LogP contribution in [0.1, 0.15) is 13.8 Å². The van der Waals surface area contributed by atoms with Crippen LogP contribution in [-0.4, -0.2) is 62.2 Å². The maximum absolute atomic E-state index is 3.53. The van der Waals surface area contributed by atoms with Crippen molar-refractivity contribution in [2.45, 2.75) is 25.9 Å². The van der Waals surface area contributed by atoms with Crippen LogP contribution in [0.3, 0.4) is 0 Å². The van der Waals surface area contributed by atoms with E-state index in [1.54, 1.807) is 0 Å². The van der Waals surface area contributed by atoms with Crippen LogP contribution in [0.25, 0.3) is 0 Å². The third-order valence-electron chi connectivity index (χ3n) is 4.11. The van der Waals surface area contributed by atoms with Crippen molar-refractivity contribution in [2.75, 3.05) is 40.3 Å². The topological polar surface area (TPSA) is 18.5 Å². The van der Waals surface area contributed by atoms with E-state index in [0.29, 0.717) is 6.04 Å². The molecule has 0 aromatic carbocycles. The van der Waals surface area contributed by atoms with Gasteiger partial charge in [0.1, 0.15) is 0 Å². The Morgan fingerprint density at radius 2 is 1.60 bits per heavy atom. The standard InChI is InChI=1S/C12H25N3/c1-9(2)15-7-10-5-14(4)6-11(8-15)12(10)13-3/h9-13H,5-8H2,1-4H3. The highest BCUT2D eigenvalue weighted by Gasteiger charge is 2.40. The van der Waals surface area contributed by atoms with Gasteiger partial charge in [0.05, 0.1) is 0 Å². The Morgan fingerprint density at radius 3 is 2.00 bits per heavy atom. The average Bonchev–Trinajstić information content (AvgIpc) is 2.15. The fourth-order valence-corrected chi connectivity index (χ4v) is 3.40. The van der Waals surface area contributed by atoms with Crippen molar-refractivity contribution >= 4 is 0 Å². The average molecular weight is 211 g/mol. The van der Waals surface area contributed by atoms with Gasteiger partial charge in [0, 0.05) is 38.3 Å². The van der Waals surface area contributed by atoms with E-state index >= 15 is 0 Å². The third kappa shape index (κ3) is 2.19. The monoisotopic (exact) mass is 211 g/mol. The zero-order chi connectivity index (χ0) is 11.0. The summed E-state index contributed by atoms with van der Waals surface area (Å²) in [5.41, 5.74) is 0. The van der Waals surface area contributed by atoms with Gasteiger partial charge in [-0.25, -0.2) is 0 Å². The lowest BCUT2D eigenvalue weighted by atomic mass is 9.79. The highest BCUT2D eigenvalue weighted by atomic mass is 15.2. The van der Waals surface area contributed by atoms with E-state index in [-0.39, 0.29) is 0 Å². The molecule has 0 amide bonds. The minimum atomic E-state index is 0.705. The van der Waals surface area contributed by atoms with Crippen molar-refractivity contribution in [2.24, 2.45) is 11.8 Å². The normalized spacial score (nSPS) is 38.6. The summed E-state index contributed by atoms with van der Waals surface area (Å²) in [5, 5.41) is 3.53. The Morgan fingerprint density at radius 1 is 1.07 bits per heavy atom. The molecule has 15 heavy (non-hydrogen) atoms. The summed E-state index contributed by atoms with van der Waals surface area (Å²) >= 11 is 0. The molecule has 0 spiro atoms. The summed E-state index contributed by atoms with van der Waals surface area (Å²) < 4.78 is 0. The number of piperidine rings is 2. The van der Waals surface area contributed by atoms with Gasteiger partial charge in [-0.3, -0.25) is 0 Å². The molecule has 2 rings (SSSR count). The predicted octanol–water partition coefficient (Wildman–Crippen LogP) is 0.476. The van der Waals surface area contributed by atoms with Gasteiger partial charge < -0.3 is 15.1 Å². The van der Waals surface area contributed by atoms with Gasteiger partial charge in [-0.15, -0.1) is 0 Å². The second kappa shape index (κ2) is 4.40. The number of fused-ring (bicyclic) bond motifs is 2. The molecule has 1 N–H and O–H groups in total. The molecule has 2 heterocycles. The molecule has 2 unspecified atom stereocenters. The maximum atomic E-state index is 3.53. The van der Waals surface area contributed by atoms with Crippen LogP contribution < -0.4 is 5.32 Å². The molecular weight excluding hydrogens is 186 g/mol. The Labute approximate surface area is 93.8 Å². The van der Waals surface area contributed by atoms with Crippen LogP contribution >= 0.6 is 0 Å². The van der Waals surface area contributed by atoms with Gasteiger partial charge in [-0.2, -0.15) is 0 Å². The van der Waals surface area contributed by atoms with Crippen LogP contribution in [-0.2, 0) is 0 Å². The third-order valence-corrected chi connectivity index (χ3v) is 4.11. The zero-order valence-electron chi connectivity index (χ0n) is 10.5. The molecule has 2 bridgehead atoms. The molecule has 0 radical (unpaired) electrons. The molecule has 0 aliphatic carbocycles. The molecule has 0 aromatic heterocycles. The van der Waals surface area contributed by atoms with Gasteiger partial charge in [0.25, 0.3) is 0 Å². The maximum Gasteiger partial charge on any atom is 0.0169 e. The Hall–Kier alpha value is -0.120. The van der Waals surface area contributed by atoms with Gasteiger partial charge in [-0.1, -0.05) is 0 Å². The molecule has 2 atom stereocenters. The van der Waals surface area contributed by atoms with Gasteiger partial charge in [0.15, 0.2) is 0 Å². The second-order valence-electron chi connectivity index (χ2n) is 5.60. The van der Waals surface area contributed by atoms with Crippen molar-refractivity contribution in [3.05, 3.63) is 0 Å². The number of nitrogens with zero attached hydrogens (tertiary/aromatic N) is 2. The van der Waals surface area contributed by atoms with E-state index in [1.807, 2.05) is 0 Å². The van der Waals surface area contributed by atoms with Crippen LogP contribution in [0.5, 0.6) is 0 Å². The molecule has 0 saturated carbocycles. The van der Waals surface area contributed by atoms with Crippen LogP contribution in [0, 0.1) is 11.8 Å². The number of likely N-dealkylation sites (tertiary alicyclic amines) is 2. The van der Waals surface area contributed by atoms with Gasteiger partial charge >= 0.3 is 0 Å². The van der Waals surface area contributed by atoms with Crippen LogP contribution in [0.2, 0.25) is 0 Å². The first kappa shape index (κ1) is 11.4. The van der Waals surface area contributed by atoms with Crippen molar-refractivity contribution in [1.82, 2.24) is 15.1 Å². The summed E-state index contributed by atoms with van der Waals surface area (Å²) in [5.74, 6) is 1.63. The summed E-state index contributed by atoms with van der Waals surface area (Å²) in [6.45, 7) is 9.68. The van der Waals surface area contributed by atoms with E-state index in [9.17, 15) is 0 Å². The fourth-order valence-electron chi connectivity index (χ4n) is 3.40. The first-order chi connectivity index (χ1) is 7.11. The summed E-state index contributed by atoms with van der Waals surface area (Å²) in [6.07, 6.45) is 0. The van der Waals surface area contributed by atoms with E-state index in [4.69, 9.17) is 0 Å². The predicted molar refractivity (Wildman–Crippen MR) is 64.0 cm³/mol. The summed E-state index contributed by atoms with van der Waals surface area (Å²) in [4.78, 5) is 5.15. The number of nitrogens with one attached hydrogen (secondary N) is 1. The quantitative estimate of drug-likeness (QED) is 0.716. The number of hydrogen-bond acceptors (Lipinski definition) is 3. The molecule has 2 fully saturated rings. The van der Waals surface area contributed by atoms with Gasteiger partial charge in [0.2, 0.25) is 0 Å².